The van der Waals surface area contributed by atoms with Crippen LogP contribution in [0.3, 0.4) is 0 Å². The quantitative estimate of drug-likeness (QED) is 0.0262. The number of carbonyl (C=O) groups is 3. The van der Waals surface area contributed by atoms with Gasteiger partial charge in [0.2, 0.25) is 0 Å². The number of allylic oxidation sites excluding steroid dienone is 10. The van der Waals surface area contributed by atoms with Crippen LogP contribution in [0.25, 0.3) is 0 Å². The molecule has 0 aromatic rings. The van der Waals surface area contributed by atoms with E-state index < -0.39 is 6.10 Å². The second kappa shape index (κ2) is 56.7. The zero-order chi connectivity index (χ0) is 49.3. The maximum Gasteiger partial charge on any atom is 0.306 e. The maximum absolute atomic E-state index is 12.8. The predicted octanol–water partition coefficient (Wildman–Crippen LogP) is 19.6. The number of esters is 3. The Hall–Kier alpha value is -2.89. The lowest BCUT2D eigenvalue weighted by Crippen LogP contribution is -2.30. The topological polar surface area (TPSA) is 78.9 Å². The zero-order valence-electron chi connectivity index (χ0n) is 45.1. The van der Waals surface area contributed by atoms with Gasteiger partial charge in [-0.25, -0.2) is 0 Å². The number of carbonyl (C=O) groups excluding carboxylic acids is 3. The smallest absolute Gasteiger partial charge is 0.306 e. The average Bonchev–Trinajstić information content (AvgIpc) is 3.34. The van der Waals surface area contributed by atoms with Gasteiger partial charge < -0.3 is 14.2 Å². The summed E-state index contributed by atoms with van der Waals surface area (Å²) in [5, 5.41) is 0. The van der Waals surface area contributed by atoms with Crippen LogP contribution in [0.15, 0.2) is 60.8 Å². The van der Waals surface area contributed by atoms with Gasteiger partial charge >= 0.3 is 17.9 Å². The highest BCUT2D eigenvalue weighted by Crippen LogP contribution is 2.17. The lowest BCUT2D eigenvalue weighted by atomic mass is 10.0. The minimum Gasteiger partial charge on any atom is -0.462 e. The van der Waals surface area contributed by atoms with Gasteiger partial charge in [0, 0.05) is 19.3 Å². The van der Waals surface area contributed by atoms with Crippen LogP contribution in [0.5, 0.6) is 0 Å². The lowest BCUT2D eigenvalue weighted by molar-refractivity contribution is -0.167. The van der Waals surface area contributed by atoms with Crippen LogP contribution in [0.1, 0.15) is 297 Å². The first-order valence-corrected chi connectivity index (χ1v) is 29.3. The third kappa shape index (κ3) is 54.1. The van der Waals surface area contributed by atoms with Crippen molar-refractivity contribution in [2.75, 3.05) is 13.2 Å². The molecule has 0 bridgehead atoms. The Morgan fingerprint density at radius 1 is 0.309 bits per heavy atom. The van der Waals surface area contributed by atoms with E-state index in [1.807, 2.05) is 0 Å². The summed E-state index contributed by atoms with van der Waals surface area (Å²) in [5.74, 6) is -0.894. The van der Waals surface area contributed by atoms with Gasteiger partial charge in [0.15, 0.2) is 6.10 Å². The summed E-state index contributed by atoms with van der Waals surface area (Å²) < 4.78 is 16.8. The maximum atomic E-state index is 12.8. The number of rotatable bonds is 53. The molecular weight excluding hydrogens is 841 g/mol. The monoisotopic (exact) mass is 951 g/mol. The molecule has 0 fully saturated rings. The molecule has 0 saturated heterocycles. The molecule has 6 nitrogen and oxygen atoms in total. The van der Waals surface area contributed by atoms with E-state index in [9.17, 15) is 14.4 Å². The third-order valence-electron chi connectivity index (χ3n) is 12.7. The molecule has 0 aliphatic carbocycles. The van der Waals surface area contributed by atoms with Crippen molar-refractivity contribution in [1.82, 2.24) is 0 Å². The van der Waals surface area contributed by atoms with Crippen LogP contribution in [-0.2, 0) is 28.6 Å². The van der Waals surface area contributed by atoms with Crippen molar-refractivity contribution in [1.29, 1.82) is 0 Å². The first-order chi connectivity index (χ1) is 33.5. The second-order valence-electron chi connectivity index (χ2n) is 19.5. The van der Waals surface area contributed by atoms with Gasteiger partial charge in [0.05, 0.1) is 0 Å². The normalized spacial score (nSPS) is 12.5. The summed E-state index contributed by atoms with van der Waals surface area (Å²) in [6, 6.07) is 0. The van der Waals surface area contributed by atoms with Crippen molar-refractivity contribution >= 4 is 17.9 Å². The molecule has 0 aliphatic heterocycles. The van der Waals surface area contributed by atoms with E-state index in [1.165, 1.54) is 148 Å². The summed E-state index contributed by atoms with van der Waals surface area (Å²) in [6.07, 6.45) is 70.8. The molecule has 1 atom stereocenters. The zero-order valence-corrected chi connectivity index (χ0v) is 45.1. The van der Waals surface area contributed by atoms with Crippen molar-refractivity contribution in [3.63, 3.8) is 0 Å². The Labute approximate surface area is 421 Å². The molecule has 0 rings (SSSR count). The number of hydrogen-bond acceptors (Lipinski definition) is 6. The van der Waals surface area contributed by atoms with Gasteiger partial charge in [-0.05, 0) is 77.0 Å². The van der Waals surface area contributed by atoms with Crippen LogP contribution in [0.4, 0.5) is 0 Å². The Morgan fingerprint density at radius 2 is 0.603 bits per heavy atom. The molecule has 6 heteroatoms. The third-order valence-corrected chi connectivity index (χ3v) is 12.7. The van der Waals surface area contributed by atoms with Gasteiger partial charge in [0.25, 0.3) is 0 Å². The Bertz CT molecular complexity index is 1230. The van der Waals surface area contributed by atoms with E-state index in [4.69, 9.17) is 14.2 Å². The minimum atomic E-state index is -0.783. The Morgan fingerprint density at radius 3 is 0.971 bits per heavy atom. The summed E-state index contributed by atoms with van der Waals surface area (Å²) >= 11 is 0. The molecule has 394 valence electrons. The van der Waals surface area contributed by atoms with Gasteiger partial charge in [-0.1, -0.05) is 261 Å². The molecule has 0 N–H and O–H groups in total. The van der Waals surface area contributed by atoms with Crippen molar-refractivity contribution in [3.8, 4) is 0 Å². The summed E-state index contributed by atoms with van der Waals surface area (Å²) in [6.45, 7) is 6.48. The standard InChI is InChI=1S/C62H110O6/c1-4-7-10-13-16-19-22-24-26-28-30-31-33-34-36-38-40-43-46-49-52-55-61(64)67-58-59(57-66-60(63)54-51-48-45-42-21-18-15-12-9-6-3)68-62(65)56-53-50-47-44-41-39-37-35-32-29-27-25-23-20-17-14-11-8-5-2/h8,11-12,15,17,20,25,27,32,35,59H,4-7,9-10,13-14,16,18-19,21-24,26,28-31,33-34,36-58H2,1-3H3/b11-8-,15-12-,20-17-,27-25-,35-32-. The number of unbranched alkanes of at least 4 members (excludes halogenated alkanes) is 32. The van der Waals surface area contributed by atoms with E-state index >= 15 is 0 Å². The molecule has 0 heterocycles. The lowest BCUT2D eigenvalue weighted by Gasteiger charge is -2.18. The van der Waals surface area contributed by atoms with Crippen LogP contribution < -0.4 is 0 Å². The Kier molecular flexibility index (Phi) is 54.3. The van der Waals surface area contributed by atoms with Gasteiger partial charge in [-0.15, -0.1) is 0 Å². The highest BCUT2D eigenvalue weighted by Gasteiger charge is 2.19. The molecule has 68 heavy (non-hydrogen) atoms. The summed E-state index contributed by atoms with van der Waals surface area (Å²) in [5.41, 5.74) is 0. The average molecular weight is 952 g/mol. The molecule has 0 saturated carbocycles. The molecule has 0 aromatic heterocycles. The fourth-order valence-corrected chi connectivity index (χ4v) is 8.38. The first-order valence-electron chi connectivity index (χ1n) is 29.3. The van der Waals surface area contributed by atoms with E-state index in [2.05, 4.69) is 81.5 Å². The molecule has 0 spiro atoms. The SMILES string of the molecule is CC/C=C\C/C=C\C/C=C\C/C=C\CCCCCCCCC(=O)OC(COC(=O)CCCCCCC/C=C\CCC)COC(=O)CCCCCCCCCCCCCCCCCCCCCCC. The minimum absolute atomic E-state index is 0.0803. The fraction of sp³-hybridized carbons (Fsp3) is 0.790. The molecular formula is C62H110O6. The Balaban J connectivity index is 4.28. The van der Waals surface area contributed by atoms with Crippen molar-refractivity contribution in [2.45, 2.75) is 303 Å². The van der Waals surface area contributed by atoms with Gasteiger partial charge in [-0.3, -0.25) is 14.4 Å². The van der Waals surface area contributed by atoms with Crippen LogP contribution in [-0.4, -0.2) is 37.2 Å². The fourth-order valence-electron chi connectivity index (χ4n) is 8.38. The molecule has 0 radical (unpaired) electrons. The van der Waals surface area contributed by atoms with Crippen molar-refractivity contribution in [2.24, 2.45) is 0 Å². The van der Waals surface area contributed by atoms with Crippen molar-refractivity contribution in [3.05, 3.63) is 60.8 Å². The number of ether oxygens (including phenoxy) is 3. The van der Waals surface area contributed by atoms with Crippen LogP contribution >= 0.6 is 0 Å². The van der Waals surface area contributed by atoms with Crippen molar-refractivity contribution < 1.29 is 28.6 Å². The first kappa shape index (κ1) is 65.1. The van der Waals surface area contributed by atoms with Crippen LogP contribution in [0, 0.1) is 0 Å². The van der Waals surface area contributed by atoms with E-state index in [-0.39, 0.29) is 31.1 Å². The van der Waals surface area contributed by atoms with E-state index in [1.54, 1.807) is 0 Å². The van der Waals surface area contributed by atoms with E-state index in [0.717, 1.165) is 109 Å². The van der Waals surface area contributed by atoms with Gasteiger partial charge in [0.1, 0.15) is 13.2 Å². The molecule has 0 aliphatic rings. The van der Waals surface area contributed by atoms with E-state index in [0.29, 0.717) is 19.3 Å². The van der Waals surface area contributed by atoms with Crippen LogP contribution in [0.2, 0.25) is 0 Å². The highest BCUT2D eigenvalue weighted by molar-refractivity contribution is 5.71. The largest absolute Gasteiger partial charge is 0.462 e. The molecule has 0 aromatic carbocycles. The van der Waals surface area contributed by atoms with Gasteiger partial charge in [-0.2, -0.15) is 0 Å². The number of hydrogen-bond donors (Lipinski definition) is 0. The highest BCUT2D eigenvalue weighted by atomic mass is 16.6. The summed E-state index contributed by atoms with van der Waals surface area (Å²) in [7, 11) is 0. The second-order valence-corrected chi connectivity index (χ2v) is 19.5. The predicted molar refractivity (Wildman–Crippen MR) is 293 cm³/mol. The molecule has 0 amide bonds. The summed E-state index contributed by atoms with van der Waals surface area (Å²) in [4.78, 5) is 38.1. The molecule has 1 unspecified atom stereocenters.